The van der Waals surface area contributed by atoms with E-state index < -0.39 is 0 Å². The summed E-state index contributed by atoms with van der Waals surface area (Å²) in [6.07, 6.45) is 3.38. The molecule has 2 nitrogen and oxygen atoms in total. The first-order chi connectivity index (χ1) is 7.93. The van der Waals surface area contributed by atoms with Crippen molar-refractivity contribution in [2.24, 2.45) is 5.92 Å². The minimum Gasteiger partial charge on any atom is -0.375 e. The molecule has 1 saturated carbocycles. The summed E-state index contributed by atoms with van der Waals surface area (Å²) < 4.78 is 5.90. The molecule has 0 aromatic carbocycles. The number of rotatable bonds is 2. The van der Waals surface area contributed by atoms with Gasteiger partial charge >= 0.3 is 0 Å². The van der Waals surface area contributed by atoms with Crippen molar-refractivity contribution in [2.45, 2.75) is 25.0 Å². The number of hydrogen-bond donors (Lipinski definition) is 0. The Balaban J connectivity index is 1.55. The van der Waals surface area contributed by atoms with E-state index in [0.29, 0.717) is 6.10 Å². The summed E-state index contributed by atoms with van der Waals surface area (Å²) in [7, 11) is 0. The maximum absolute atomic E-state index is 5.90. The minimum atomic E-state index is 0.562. The Hall–Kier alpha value is 0.620. The maximum atomic E-state index is 5.90. The molecule has 0 spiro atoms. The molecule has 0 N–H and O–H groups in total. The molecule has 2 saturated heterocycles. The molecule has 0 radical (unpaired) electrons. The molecule has 1 aliphatic carbocycles. The van der Waals surface area contributed by atoms with Gasteiger partial charge in [-0.25, -0.2) is 0 Å². The smallest absolute Gasteiger partial charge is 0.0730 e. The highest BCUT2D eigenvalue weighted by Crippen LogP contribution is 2.36. The average molecular weight is 259 g/mol. The largest absolute Gasteiger partial charge is 0.375 e. The average Bonchev–Trinajstić information content (AvgIpc) is 3.17. The highest BCUT2D eigenvalue weighted by molar-refractivity contribution is 8.03. The van der Waals surface area contributed by atoms with Crippen LogP contribution in [0.3, 0.4) is 0 Å². The van der Waals surface area contributed by atoms with Gasteiger partial charge in [0, 0.05) is 42.1 Å². The van der Waals surface area contributed by atoms with Gasteiger partial charge < -0.3 is 4.74 Å². The molecule has 0 aromatic heterocycles. The summed E-state index contributed by atoms with van der Waals surface area (Å²) in [5, 5.41) is 0. The molecule has 2 heterocycles. The van der Waals surface area contributed by atoms with E-state index in [1.165, 1.54) is 42.4 Å². The number of ether oxygens (including phenoxy) is 1. The van der Waals surface area contributed by atoms with Crippen LogP contribution in [0, 0.1) is 5.92 Å². The van der Waals surface area contributed by atoms with Gasteiger partial charge in [-0.05, 0) is 18.8 Å². The molecule has 4 heteroatoms. The Kier molecular flexibility index (Phi) is 4.03. The molecule has 0 unspecified atom stereocenters. The second-order valence-corrected chi connectivity index (χ2v) is 7.34. The summed E-state index contributed by atoms with van der Waals surface area (Å²) in [6.45, 7) is 3.33. The predicted octanol–water partition coefficient (Wildman–Crippen LogP) is 1.95. The van der Waals surface area contributed by atoms with Gasteiger partial charge in [0.2, 0.25) is 0 Å². The van der Waals surface area contributed by atoms with Crippen LogP contribution >= 0.6 is 23.5 Å². The Bertz CT molecular complexity index is 227. The van der Waals surface area contributed by atoms with Crippen LogP contribution in [0.15, 0.2) is 0 Å². The van der Waals surface area contributed by atoms with Crippen molar-refractivity contribution in [1.29, 1.82) is 0 Å². The Morgan fingerprint density at radius 3 is 2.50 bits per heavy atom. The SMILES string of the molecule is C1CN(C2CSCCSC2)C[C@@H](C2CC2)O1. The van der Waals surface area contributed by atoms with Gasteiger partial charge in [-0.1, -0.05) is 0 Å². The zero-order chi connectivity index (χ0) is 10.8. The number of nitrogens with zero attached hydrogens (tertiary/aromatic N) is 1. The molecular weight excluding hydrogens is 238 g/mol. The van der Waals surface area contributed by atoms with Crippen LogP contribution < -0.4 is 0 Å². The van der Waals surface area contributed by atoms with Crippen LogP contribution in [0.4, 0.5) is 0 Å². The molecule has 0 aromatic rings. The standard InChI is InChI=1S/C12H21NOS2/c1-2-10(1)12-7-13(3-4-14-12)11-8-15-5-6-16-9-11/h10-12H,1-9H2/t12-/m0/s1. The van der Waals surface area contributed by atoms with E-state index in [9.17, 15) is 0 Å². The molecule has 0 amide bonds. The van der Waals surface area contributed by atoms with E-state index >= 15 is 0 Å². The monoisotopic (exact) mass is 259 g/mol. The molecular formula is C12H21NOS2. The maximum Gasteiger partial charge on any atom is 0.0730 e. The Labute approximate surface area is 107 Å². The third-order valence-corrected chi connectivity index (χ3v) is 6.27. The molecule has 2 aliphatic heterocycles. The highest BCUT2D eigenvalue weighted by Gasteiger charge is 2.36. The molecule has 3 aliphatic rings. The van der Waals surface area contributed by atoms with Gasteiger partial charge in [-0.15, -0.1) is 0 Å². The lowest BCUT2D eigenvalue weighted by atomic mass is 10.1. The van der Waals surface area contributed by atoms with Gasteiger partial charge in [0.05, 0.1) is 12.7 Å². The van der Waals surface area contributed by atoms with E-state index in [2.05, 4.69) is 28.4 Å². The van der Waals surface area contributed by atoms with Crippen molar-refractivity contribution < 1.29 is 4.74 Å². The van der Waals surface area contributed by atoms with Gasteiger partial charge in [0.25, 0.3) is 0 Å². The van der Waals surface area contributed by atoms with Crippen molar-refractivity contribution in [2.75, 3.05) is 42.7 Å². The van der Waals surface area contributed by atoms with Crippen molar-refractivity contribution in [3.63, 3.8) is 0 Å². The zero-order valence-corrected chi connectivity index (χ0v) is 11.4. The van der Waals surface area contributed by atoms with Crippen LogP contribution in [0.1, 0.15) is 12.8 Å². The number of hydrogen-bond acceptors (Lipinski definition) is 4. The fraction of sp³-hybridized carbons (Fsp3) is 1.00. The lowest BCUT2D eigenvalue weighted by Gasteiger charge is -2.37. The van der Waals surface area contributed by atoms with E-state index in [4.69, 9.17) is 4.74 Å². The second kappa shape index (κ2) is 5.51. The van der Waals surface area contributed by atoms with Gasteiger partial charge in [0.1, 0.15) is 0 Å². The van der Waals surface area contributed by atoms with Crippen LogP contribution in [0.2, 0.25) is 0 Å². The van der Waals surface area contributed by atoms with Gasteiger partial charge in [-0.3, -0.25) is 4.90 Å². The van der Waals surface area contributed by atoms with Crippen LogP contribution in [0.25, 0.3) is 0 Å². The van der Waals surface area contributed by atoms with Gasteiger partial charge in [-0.2, -0.15) is 23.5 Å². The predicted molar refractivity (Wildman–Crippen MR) is 72.5 cm³/mol. The summed E-state index contributed by atoms with van der Waals surface area (Å²) in [5.41, 5.74) is 0. The van der Waals surface area contributed by atoms with Crippen molar-refractivity contribution in [1.82, 2.24) is 4.90 Å². The van der Waals surface area contributed by atoms with E-state index in [1.807, 2.05) is 0 Å². The van der Waals surface area contributed by atoms with Crippen LogP contribution in [-0.2, 0) is 4.74 Å². The van der Waals surface area contributed by atoms with Crippen LogP contribution in [-0.4, -0.2) is 59.8 Å². The van der Waals surface area contributed by atoms with Crippen LogP contribution in [0.5, 0.6) is 0 Å². The lowest BCUT2D eigenvalue weighted by Crippen LogP contribution is -2.50. The first kappa shape index (κ1) is 11.7. The quantitative estimate of drug-likeness (QED) is 0.751. The molecule has 16 heavy (non-hydrogen) atoms. The number of thioether (sulfide) groups is 2. The minimum absolute atomic E-state index is 0.562. The highest BCUT2D eigenvalue weighted by atomic mass is 32.2. The molecule has 0 bridgehead atoms. The molecule has 3 rings (SSSR count). The zero-order valence-electron chi connectivity index (χ0n) is 9.77. The molecule has 92 valence electrons. The second-order valence-electron chi connectivity index (χ2n) is 5.05. The van der Waals surface area contributed by atoms with Crippen molar-refractivity contribution in [3.05, 3.63) is 0 Å². The Morgan fingerprint density at radius 2 is 1.81 bits per heavy atom. The normalized spacial score (nSPS) is 34.9. The lowest BCUT2D eigenvalue weighted by molar-refractivity contribution is -0.0474. The summed E-state index contributed by atoms with van der Waals surface area (Å²) in [6, 6.07) is 0.808. The van der Waals surface area contributed by atoms with Gasteiger partial charge in [0.15, 0.2) is 0 Å². The summed E-state index contributed by atoms with van der Waals surface area (Å²) in [5.74, 6) is 6.26. The molecule has 1 atom stereocenters. The first-order valence-electron chi connectivity index (χ1n) is 6.44. The summed E-state index contributed by atoms with van der Waals surface area (Å²) in [4.78, 5) is 2.71. The summed E-state index contributed by atoms with van der Waals surface area (Å²) >= 11 is 4.28. The van der Waals surface area contributed by atoms with E-state index in [0.717, 1.165) is 25.1 Å². The van der Waals surface area contributed by atoms with E-state index in [-0.39, 0.29) is 0 Å². The number of morpholine rings is 1. The van der Waals surface area contributed by atoms with E-state index in [1.54, 1.807) is 0 Å². The Morgan fingerprint density at radius 1 is 1.06 bits per heavy atom. The first-order valence-corrected chi connectivity index (χ1v) is 8.75. The third-order valence-electron chi connectivity index (χ3n) is 3.78. The molecule has 3 fully saturated rings. The fourth-order valence-corrected chi connectivity index (χ4v) is 5.22. The van der Waals surface area contributed by atoms with Crippen molar-refractivity contribution in [3.8, 4) is 0 Å². The van der Waals surface area contributed by atoms with Crippen molar-refractivity contribution >= 4 is 23.5 Å². The fourth-order valence-electron chi connectivity index (χ4n) is 2.60. The third kappa shape index (κ3) is 2.89. The topological polar surface area (TPSA) is 12.5 Å².